The number of halogens is 1. The summed E-state index contributed by atoms with van der Waals surface area (Å²) in [5.74, 6) is -0.745. The van der Waals surface area contributed by atoms with Gasteiger partial charge in [0.1, 0.15) is 0 Å². The van der Waals surface area contributed by atoms with Crippen LogP contribution in [0.4, 0.5) is 10.1 Å². The Labute approximate surface area is 90.6 Å². The Morgan fingerprint density at radius 2 is 2.12 bits per heavy atom. The Kier molecular flexibility index (Phi) is 2.57. The molecule has 8 heteroatoms. The van der Waals surface area contributed by atoms with Crippen molar-refractivity contribution < 1.29 is 12.8 Å². The summed E-state index contributed by atoms with van der Waals surface area (Å²) in [6.45, 7) is 0. The van der Waals surface area contributed by atoms with Crippen molar-refractivity contribution in [1.82, 2.24) is 15.0 Å². The number of aromatic amines is 1. The number of hydrogen-bond donors (Lipinski definition) is 2. The van der Waals surface area contributed by atoms with Crippen LogP contribution in [0.5, 0.6) is 0 Å². The van der Waals surface area contributed by atoms with Crippen LogP contribution in [-0.2, 0) is 10.0 Å². The molecule has 2 aromatic heterocycles. The molecule has 2 aromatic rings. The van der Waals surface area contributed by atoms with E-state index in [0.29, 0.717) is 0 Å². The van der Waals surface area contributed by atoms with Crippen molar-refractivity contribution in [1.29, 1.82) is 0 Å². The van der Waals surface area contributed by atoms with E-state index in [9.17, 15) is 12.8 Å². The van der Waals surface area contributed by atoms with Gasteiger partial charge in [-0.1, -0.05) is 0 Å². The summed E-state index contributed by atoms with van der Waals surface area (Å²) in [7, 11) is -3.83. The minimum absolute atomic E-state index is 0.135. The molecule has 0 aliphatic carbocycles. The smallest absolute Gasteiger partial charge is 0.279 e. The second-order valence-electron chi connectivity index (χ2n) is 2.88. The third-order valence-corrected chi connectivity index (χ3v) is 3.07. The van der Waals surface area contributed by atoms with E-state index in [1.807, 2.05) is 0 Å². The van der Waals surface area contributed by atoms with Gasteiger partial charge in [-0.25, -0.2) is 9.37 Å². The number of H-pyrrole nitrogens is 1. The van der Waals surface area contributed by atoms with Gasteiger partial charge in [0.15, 0.2) is 10.8 Å². The summed E-state index contributed by atoms with van der Waals surface area (Å²) >= 11 is 0. The number of aromatic nitrogens is 3. The Balaban J connectivity index is 2.33. The van der Waals surface area contributed by atoms with Crippen LogP contribution < -0.4 is 4.72 Å². The van der Waals surface area contributed by atoms with Crippen LogP contribution in [0.15, 0.2) is 36.0 Å². The van der Waals surface area contributed by atoms with Gasteiger partial charge in [0.25, 0.3) is 10.0 Å². The topological polar surface area (TPSA) is 87.7 Å². The Morgan fingerprint density at radius 1 is 1.31 bits per heavy atom. The van der Waals surface area contributed by atoms with Crippen LogP contribution in [0.3, 0.4) is 0 Å². The first-order chi connectivity index (χ1) is 7.59. The minimum Gasteiger partial charge on any atom is -0.334 e. The number of imidazole rings is 1. The maximum atomic E-state index is 13.1. The quantitative estimate of drug-likeness (QED) is 0.831. The predicted octanol–water partition coefficient (Wildman–Crippen LogP) is 0.745. The zero-order valence-corrected chi connectivity index (χ0v) is 8.70. The third kappa shape index (κ3) is 2.01. The van der Waals surface area contributed by atoms with E-state index < -0.39 is 15.8 Å². The first kappa shape index (κ1) is 10.6. The van der Waals surface area contributed by atoms with Crippen molar-refractivity contribution in [2.45, 2.75) is 5.03 Å². The molecule has 6 nitrogen and oxygen atoms in total. The van der Waals surface area contributed by atoms with Crippen LogP contribution in [0.1, 0.15) is 0 Å². The molecule has 0 amide bonds. The van der Waals surface area contributed by atoms with Gasteiger partial charge in [-0.2, -0.15) is 8.42 Å². The highest BCUT2D eigenvalue weighted by atomic mass is 32.2. The summed E-state index contributed by atoms with van der Waals surface area (Å²) in [6, 6.07) is 1.23. The molecule has 0 bridgehead atoms. The zero-order valence-electron chi connectivity index (χ0n) is 7.88. The second-order valence-corrected chi connectivity index (χ2v) is 4.53. The average molecular weight is 242 g/mol. The first-order valence-electron chi connectivity index (χ1n) is 4.20. The Bertz CT molecular complexity index is 582. The summed E-state index contributed by atoms with van der Waals surface area (Å²) in [4.78, 5) is 9.50. The monoisotopic (exact) mass is 242 g/mol. The maximum absolute atomic E-state index is 13.1. The first-order valence-corrected chi connectivity index (χ1v) is 5.68. The van der Waals surface area contributed by atoms with Crippen LogP contribution in [-0.4, -0.2) is 23.4 Å². The minimum atomic E-state index is -3.83. The molecule has 2 rings (SSSR count). The Hall–Kier alpha value is -1.96. The summed E-state index contributed by atoms with van der Waals surface area (Å²) < 4.78 is 38.5. The largest absolute Gasteiger partial charge is 0.334 e. The molecule has 2 N–H and O–H groups in total. The number of hydrogen-bond acceptors (Lipinski definition) is 4. The van der Waals surface area contributed by atoms with Gasteiger partial charge in [-0.15, -0.1) is 0 Å². The molecule has 16 heavy (non-hydrogen) atoms. The van der Waals surface area contributed by atoms with Crippen molar-refractivity contribution in [2.24, 2.45) is 0 Å². The van der Waals surface area contributed by atoms with Gasteiger partial charge in [0.05, 0.1) is 24.4 Å². The molecule has 0 aliphatic heterocycles. The molecule has 84 valence electrons. The highest BCUT2D eigenvalue weighted by Gasteiger charge is 2.17. The van der Waals surface area contributed by atoms with E-state index in [0.717, 1.165) is 12.4 Å². The molecule has 0 aromatic carbocycles. The fourth-order valence-corrected chi connectivity index (χ4v) is 2.02. The highest BCUT2D eigenvalue weighted by Crippen LogP contribution is 2.15. The van der Waals surface area contributed by atoms with Crippen LogP contribution in [0.2, 0.25) is 0 Å². The van der Waals surface area contributed by atoms with Crippen molar-refractivity contribution >= 4 is 15.7 Å². The molecule has 0 unspecified atom stereocenters. The maximum Gasteiger partial charge on any atom is 0.279 e. The van der Waals surface area contributed by atoms with E-state index >= 15 is 0 Å². The lowest BCUT2D eigenvalue weighted by molar-refractivity contribution is 0.595. The zero-order chi connectivity index (χ0) is 11.6. The number of nitrogens with one attached hydrogen (secondary N) is 2. The van der Waals surface area contributed by atoms with Gasteiger partial charge in [-0.05, 0) is 6.07 Å². The van der Waals surface area contributed by atoms with Crippen LogP contribution >= 0.6 is 0 Å². The molecule has 0 spiro atoms. The van der Waals surface area contributed by atoms with Gasteiger partial charge >= 0.3 is 0 Å². The molecule has 2 heterocycles. The lowest BCUT2D eigenvalue weighted by Gasteiger charge is -2.05. The summed E-state index contributed by atoms with van der Waals surface area (Å²) in [6.07, 6.45) is 4.55. The normalized spacial score (nSPS) is 11.3. The van der Waals surface area contributed by atoms with E-state index in [2.05, 4.69) is 19.7 Å². The van der Waals surface area contributed by atoms with Crippen molar-refractivity contribution in [2.75, 3.05) is 4.72 Å². The van der Waals surface area contributed by atoms with Crippen LogP contribution in [0.25, 0.3) is 0 Å². The van der Waals surface area contributed by atoms with E-state index in [4.69, 9.17) is 0 Å². The molecule has 0 radical (unpaired) electrons. The lowest BCUT2D eigenvalue weighted by atomic mass is 10.4. The summed E-state index contributed by atoms with van der Waals surface area (Å²) in [5, 5.41) is -0.135. The molecule has 0 aliphatic rings. The van der Waals surface area contributed by atoms with Gasteiger partial charge in [0.2, 0.25) is 0 Å². The molecular weight excluding hydrogens is 235 g/mol. The average Bonchev–Trinajstić information content (AvgIpc) is 2.75. The molecule has 0 saturated heterocycles. The van der Waals surface area contributed by atoms with Gasteiger partial charge < -0.3 is 4.98 Å². The lowest BCUT2D eigenvalue weighted by Crippen LogP contribution is -2.14. The SMILES string of the molecule is O=S(=O)(Nc1ccncc1F)c1cnc[nH]1. The number of anilines is 1. The Morgan fingerprint density at radius 3 is 2.75 bits per heavy atom. The highest BCUT2D eigenvalue weighted by molar-refractivity contribution is 7.92. The van der Waals surface area contributed by atoms with Crippen molar-refractivity contribution in [3.8, 4) is 0 Å². The number of rotatable bonds is 3. The molecule has 0 fully saturated rings. The van der Waals surface area contributed by atoms with Crippen molar-refractivity contribution in [3.05, 3.63) is 36.8 Å². The van der Waals surface area contributed by atoms with E-state index in [1.165, 1.54) is 18.6 Å². The molecular formula is C8H7FN4O2S. The third-order valence-electron chi connectivity index (χ3n) is 1.78. The van der Waals surface area contributed by atoms with Crippen LogP contribution in [0, 0.1) is 5.82 Å². The second kappa shape index (κ2) is 3.89. The summed E-state index contributed by atoms with van der Waals surface area (Å²) in [5.41, 5.74) is -0.162. The number of nitrogens with zero attached hydrogens (tertiary/aromatic N) is 2. The van der Waals surface area contributed by atoms with Crippen molar-refractivity contribution in [3.63, 3.8) is 0 Å². The van der Waals surface area contributed by atoms with E-state index in [-0.39, 0.29) is 10.7 Å². The standard InChI is InChI=1S/C8H7FN4O2S/c9-6-3-10-2-1-7(6)13-16(14,15)8-4-11-5-12-8/h1-5H,(H,10,13)(H,11,12). The fourth-order valence-electron chi connectivity index (χ4n) is 1.05. The number of pyridine rings is 1. The number of sulfonamides is 1. The molecule has 0 atom stereocenters. The molecule has 0 saturated carbocycles. The van der Waals surface area contributed by atoms with Gasteiger partial charge in [0, 0.05) is 6.20 Å². The predicted molar refractivity (Wildman–Crippen MR) is 53.6 cm³/mol. The van der Waals surface area contributed by atoms with E-state index in [1.54, 1.807) is 0 Å². The van der Waals surface area contributed by atoms with Gasteiger partial charge in [-0.3, -0.25) is 9.71 Å². The fraction of sp³-hybridized carbons (Fsp3) is 0.